The third-order valence-electron chi connectivity index (χ3n) is 4.26. The molecule has 0 spiro atoms. The summed E-state index contributed by atoms with van der Waals surface area (Å²) in [6.07, 6.45) is 6.02. The predicted octanol–water partition coefficient (Wildman–Crippen LogP) is 3.63. The lowest BCUT2D eigenvalue weighted by Crippen LogP contribution is -2.21. The van der Waals surface area contributed by atoms with E-state index in [1.807, 2.05) is 0 Å². The average Bonchev–Trinajstić information content (AvgIpc) is 2.59. The third kappa shape index (κ3) is 1.52. The van der Waals surface area contributed by atoms with Crippen molar-refractivity contribution in [1.82, 2.24) is 6.15 Å². The molecule has 2 saturated carbocycles. The summed E-state index contributed by atoms with van der Waals surface area (Å²) in [7, 11) is 0. The molecule has 0 aromatic rings. The van der Waals surface area contributed by atoms with E-state index in [9.17, 15) is 0 Å². The number of fused-ring (bicyclic) bond motifs is 1. The lowest BCUT2D eigenvalue weighted by molar-refractivity contribution is 0.193. The van der Waals surface area contributed by atoms with E-state index in [0.29, 0.717) is 5.41 Å². The Morgan fingerprint density at radius 2 is 1.58 bits per heavy atom. The molecular weight excluding hydrogens is 146 g/mol. The van der Waals surface area contributed by atoms with Crippen molar-refractivity contribution in [2.24, 2.45) is 23.2 Å². The van der Waals surface area contributed by atoms with E-state index in [1.165, 1.54) is 6.42 Å². The zero-order valence-corrected chi connectivity index (χ0v) is 8.77. The van der Waals surface area contributed by atoms with Crippen LogP contribution < -0.4 is 6.15 Å². The summed E-state index contributed by atoms with van der Waals surface area (Å²) < 4.78 is 0. The molecule has 0 aromatic carbocycles. The van der Waals surface area contributed by atoms with Gasteiger partial charge in [-0.25, -0.2) is 0 Å². The summed E-state index contributed by atoms with van der Waals surface area (Å²) in [5.74, 6) is 3.37. The van der Waals surface area contributed by atoms with Gasteiger partial charge in [-0.1, -0.05) is 27.2 Å². The van der Waals surface area contributed by atoms with E-state index in [-0.39, 0.29) is 6.15 Å². The molecule has 2 rings (SSSR count). The maximum atomic E-state index is 2.45. The Morgan fingerprint density at radius 1 is 1.08 bits per heavy atom. The van der Waals surface area contributed by atoms with Gasteiger partial charge >= 0.3 is 0 Å². The van der Waals surface area contributed by atoms with Crippen LogP contribution in [0.5, 0.6) is 0 Å². The quantitative estimate of drug-likeness (QED) is 0.673. The maximum Gasteiger partial charge on any atom is -0.0328 e. The Morgan fingerprint density at radius 3 is 2.00 bits per heavy atom. The molecule has 0 radical (unpaired) electrons. The summed E-state index contributed by atoms with van der Waals surface area (Å²) in [4.78, 5) is 0. The van der Waals surface area contributed by atoms with Crippen LogP contribution in [0.25, 0.3) is 0 Å². The molecule has 72 valence electrons. The summed E-state index contributed by atoms with van der Waals surface area (Å²) in [6, 6.07) is 0. The van der Waals surface area contributed by atoms with Crippen molar-refractivity contribution in [3.63, 3.8) is 0 Å². The molecular formula is C11H23N. The van der Waals surface area contributed by atoms with Crippen LogP contribution in [0.2, 0.25) is 0 Å². The smallest absolute Gasteiger partial charge is 0.0328 e. The Kier molecular flexibility index (Phi) is 2.53. The van der Waals surface area contributed by atoms with E-state index >= 15 is 0 Å². The molecule has 0 aromatic heterocycles. The fraction of sp³-hybridized carbons (Fsp3) is 1.00. The van der Waals surface area contributed by atoms with Gasteiger partial charge < -0.3 is 6.15 Å². The van der Waals surface area contributed by atoms with E-state index in [1.54, 1.807) is 19.3 Å². The first-order valence-electron chi connectivity index (χ1n) is 5.13. The second-order valence-corrected chi connectivity index (χ2v) is 5.27. The first-order valence-corrected chi connectivity index (χ1v) is 5.13. The number of hydrogen-bond acceptors (Lipinski definition) is 1. The lowest BCUT2D eigenvalue weighted by atomic mass is 9.74. The zero-order valence-electron chi connectivity index (χ0n) is 8.77. The molecule has 0 aliphatic heterocycles. The van der Waals surface area contributed by atoms with Crippen molar-refractivity contribution in [2.45, 2.75) is 46.5 Å². The molecule has 1 heteroatoms. The third-order valence-corrected chi connectivity index (χ3v) is 4.26. The molecule has 1 nitrogen and oxygen atoms in total. The van der Waals surface area contributed by atoms with Crippen LogP contribution in [0.15, 0.2) is 0 Å². The van der Waals surface area contributed by atoms with Crippen LogP contribution in [-0.2, 0) is 0 Å². The Hall–Kier alpha value is -0.0400. The van der Waals surface area contributed by atoms with Crippen molar-refractivity contribution in [2.75, 3.05) is 0 Å². The molecule has 0 saturated heterocycles. The average molecular weight is 169 g/mol. The van der Waals surface area contributed by atoms with Gasteiger partial charge in [0.1, 0.15) is 0 Å². The van der Waals surface area contributed by atoms with Gasteiger partial charge in [-0.2, -0.15) is 0 Å². The summed E-state index contributed by atoms with van der Waals surface area (Å²) in [5.41, 5.74) is 0.632. The van der Waals surface area contributed by atoms with Crippen molar-refractivity contribution in [1.29, 1.82) is 0 Å². The van der Waals surface area contributed by atoms with Crippen molar-refractivity contribution < 1.29 is 0 Å². The van der Waals surface area contributed by atoms with Crippen LogP contribution in [-0.4, -0.2) is 0 Å². The van der Waals surface area contributed by atoms with Crippen LogP contribution in [0.3, 0.4) is 0 Å². The lowest BCUT2D eigenvalue weighted by Gasteiger charge is -2.31. The molecule has 0 bridgehead atoms. The molecule has 12 heavy (non-hydrogen) atoms. The monoisotopic (exact) mass is 169 g/mol. The molecule has 2 aliphatic rings. The van der Waals surface area contributed by atoms with E-state index in [2.05, 4.69) is 20.8 Å². The highest BCUT2D eigenvalue weighted by Crippen LogP contribution is 2.59. The normalized spacial score (nSPS) is 38.8. The van der Waals surface area contributed by atoms with Crippen LogP contribution in [0.4, 0.5) is 0 Å². The minimum Gasteiger partial charge on any atom is -0.344 e. The number of hydrogen-bond donors (Lipinski definition) is 1. The predicted molar refractivity (Wildman–Crippen MR) is 53.4 cm³/mol. The largest absolute Gasteiger partial charge is 0.344 e. The van der Waals surface area contributed by atoms with Gasteiger partial charge in [0.2, 0.25) is 0 Å². The fourth-order valence-corrected chi connectivity index (χ4v) is 2.64. The summed E-state index contributed by atoms with van der Waals surface area (Å²) >= 11 is 0. The summed E-state index contributed by atoms with van der Waals surface area (Å²) in [5, 5.41) is 0. The summed E-state index contributed by atoms with van der Waals surface area (Å²) in [6.45, 7) is 7.23. The van der Waals surface area contributed by atoms with Gasteiger partial charge in [-0.05, 0) is 42.4 Å². The Balaban J connectivity index is 0.000000720. The van der Waals surface area contributed by atoms with Gasteiger partial charge in [-0.15, -0.1) is 0 Å². The van der Waals surface area contributed by atoms with E-state index in [0.717, 1.165) is 17.8 Å². The van der Waals surface area contributed by atoms with Gasteiger partial charge in [0, 0.05) is 0 Å². The zero-order chi connectivity index (χ0) is 8.06. The first-order chi connectivity index (χ1) is 5.13. The number of rotatable bonds is 2. The van der Waals surface area contributed by atoms with Crippen molar-refractivity contribution in [3.8, 4) is 0 Å². The molecule has 2 atom stereocenters. The molecule has 0 amide bonds. The van der Waals surface area contributed by atoms with Crippen molar-refractivity contribution in [3.05, 3.63) is 0 Å². The molecule has 0 heterocycles. The second kappa shape index (κ2) is 3.02. The van der Waals surface area contributed by atoms with Crippen LogP contribution >= 0.6 is 0 Å². The molecule has 2 aliphatic carbocycles. The van der Waals surface area contributed by atoms with Gasteiger partial charge in [0.15, 0.2) is 0 Å². The highest BCUT2D eigenvalue weighted by Gasteiger charge is 2.49. The second-order valence-electron chi connectivity index (χ2n) is 5.27. The van der Waals surface area contributed by atoms with Gasteiger partial charge in [0.25, 0.3) is 0 Å². The van der Waals surface area contributed by atoms with E-state index < -0.39 is 0 Å². The van der Waals surface area contributed by atoms with Crippen molar-refractivity contribution >= 4 is 0 Å². The van der Waals surface area contributed by atoms with Gasteiger partial charge in [-0.3, -0.25) is 0 Å². The molecule has 2 unspecified atom stereocenters. The Labute approximate surface area is 76.5 Å². The van der Waals surface area contributed by atoms with E-state index in [4.69, 9.17) is 0 Å². The topological polar surface area (TPSA) is 35.0 Å². The highest BCUT2D eigenvalue weighted by molar-refractivity contribution is 4.99. The highest BCUT2D eigenvalue weighted by atomic mass is 14.5. The van der Waals surface area contributed by atoms with Gasteiger partial charge in [0.05, 0.1) is 0 Å². The SMILES string of the molecule is CCC(C)(C)C1CC2CC2C1.N. The molecule has 2 fully saturated rings. The maximum absolute atomic E-state index is 2.45. The minimum absolute atomic E-state index is 0. The van der Waals surface area contributed by atoms with Crippen LogP contribution in [0, 0.1) is 23.2 Å². The fourth-order valence-electron chi connectivity index (χ4n) is 2.64. The molecule has 3 N–H and O–H groups in total. The van der Waals surface area contributed by atoms with Crippen LogP contribution in [0.1, 0.15) is 46.5 Å². The standard InChI is InChI=1S/C11H20.H3N/c1-4-11(2,3)10-6-8-5-9(8)7-10;/h8-10H,4-7H2,1-3H3;1H3. The minimum atomic E-state index is 0. The first kappa shape index (κ1) is 10.0. The Bertz CT molecular complexity index is 152.